The SMILES string of the molecule is CCOc1ncc(Br)cc1C(=O)CCC(C)(C)CC(=O)Nc1c(CC(C)(C)NC)n(C)n(-c2ccccc2)c1=O. The van der Waals surface area contributed by atoms with Gasteiger partial charge < -0.3 is 15.4 Å². The number of carbonyl (C=O) groups is 2. The average molecular weight is 615 g/mol. The van der Waals surface area contributed by atoms with Gasteiger partial charge in [-0.15, -0.1) is 0 Å². The van der Waals surface area contributed by atoms with E-state index in [0.717, 1.165) is 5.69 Å². The first-order valence-electron chi connectivity index (χ1n) is 13.4. The molecule has 0 fully saturated rings. The van der Waals surface area contributed by atoms with Crippen LogP contribution in [0.4, 0.5) is 5.69 Å². The number of aromatic nitrogens is 3. The first-order chi connectivity index (χ1) is 18.8. The largest absolute Gasteiger partial charge is 0.477 e. The Morgan fingerprint density at radius 3 is 2.42 bits per heavy atom. The van der Waals surface area contributed by atoms with Gasteiger partial charge in [0.1, 0.15) is 5.69 Å². The number of ketones is 1. The molecule has 0 saturated heterocycles. The second-order valence-corrected chi connectivity index (χ2v) is 12.3. The van der Waals surface area contributed by atoms with Crippen molar-refractivity contribution in [2.45, 2.75) is 65.8 Å². The average Bonchev–Trinajstić information content (AvgIpc) is 3.12. The van der Waals surface area contributed by atoms with E-state index in [1.54, 1.807) is 21.6 Å². The summed E-state index contributed by atoms with van der Waals surface area (Å²) in [5.41, 5.74) is 1.03. The summed E-state index contributed by atoms with van der Waals surface area (Å²) in [6.45, 7) is 10.2. The molecule has 0 unspecified atom stereocenters. The summed E-state index contributed by atoms with van der Waals surface area (Å²) in [5, 5.41) is 6.20. The first-order valence-corrected chi connectivity index (χ1v) is 14.2. The highest BCUT2D eigenvalue weighted by Gasteiger charge is 2.29. The van der Waals surface area contributed by atoms with Crippen molar-refractivity contribution in [2.24, 2.45) is 12.5 Å². The maximum absolute atomic E-state index is 13.6. The van der Waals surface area contributed by atoms with Crippen LogP contribution in [0.15, 0.2) is 51.9 Å². The lowest BCUT2D eigenvalue weighted by Crippen LogP contribution is -2.39. The molecule has 3 rings (SSSR count). The molecule has 0 bridgehead atoms. The zero-order valence-electron chi connectivity index (χ0n) is 24.4. The Labute approximate surface area is 244 Å². The van der Waals surface area contributed by atoms with Gasteiger partial charge in [0.25, 0.3) is 5.56 Å². The predicted octanol–water partition coefficient (Wildman–Crippen LogP) is 5.29. The molecule has 0 atom stereocenters. The molecule has 0 radical (unpaired) electrons. The molecule has 40 heavy (non-hydrogen) atoms. The Morgan fingerprint density at radius 1 is 1.12 bits per heavy atom. The van der Waals surface area contributed by atoms with Crippen molar-refractivity contribution < 1.29 is 14.3 Å². The van der Waals surface area contributed by atoms with Crippen LogP contribution in [0.5, 0.6) is 5.88 Å². The monoisotopic (exact) mass is 613 g/mol. The molecule has 0 aliphatic carbocycles. The third kappa shape index (κ3) is 7.69. The fourth-order valence-corrected chi connectivity index (χ4v) is 4.85. The summed E-state index contributed by atoms with van der Waals surface area (Å²) in [6.07, 6.45) is 2.96. The third-order valence-electron chi connectivity index (χ3n) is 7.00. The van der Waals surface area contributed by atoms with Gasteiger partial charge in [-0.05, 0) is 73.8 Å². The number of anilines is 1. The van der Waals surface area contributed by atoms with Crippen LogP contribution < -0.4 is 20.9 Å². The van der Waals surface area contributed by atoms with Crippen LogP contribution >= 0.6 is 15.9 Å². The standard InChI is InChI=1S/C30H40BrN5O4/c1-8-40-27-22(16-20(31)19-33-27)24(37)14-15-29(2,3)18-25(38)34-26-23(17-30(4,5)32-6)35(7)36(28(26)39)21-12-10-9-11-13-21/h9-13,16,19,32H,8,14-15,17-18H2,1-7H3,(H,34,38). The van der Waals surface area contributed by atoms with Gasteiger partial charge in [0.05, 0.1) is 23.6 Å². The molecule has 216 valence electrons. The fourth-order valence-electron chi connectivity index (χ4n) is 4.51. The zero-order valence-corrected chi connectivity index (χ0v) is 26.0. The molecule has 0 saturated carbocycles. The lowest BCUT2D eigenvalue weighted by Gasteiger charge is -2.26. The van der Waals surface area contributed by atoms with Crippen LogP contribution in [-0.4, -0.2) is 45.2 Å². The van der Waals surface area contributed by atoms with Crippen LogP contribution in [0.3, 0.4) is 0 Å². The number of amides is 1. The van der Waals surface area contributed by atoms with Crippen molar-refractivity contribution in [1.29, 1.82) is 0 Å². The van der Waals surface area contributed by atoms with Crippen LogP contribution in [-0.2, 0) is 18.3 Å². The van der Waals surface area contributed by atoms with Crippen LogP contribution in [0, 0.1) is 5.41 Å². The molecule has 1 amide bonds. The number of Topliss-reactive ketones (excluding diaryl/α,β-unsaturated/α-hetero) is 1. The van der Waals surface area contributed by atoms with Gasteiger partial charge in [-0.3, -0.25) is 19.1 Å². The second kappa shape index (κ2) is 13.0. The molecule has 0 aliphatic heterocycles. The smallest absolute Gasteiger partial charge is 0.295 e. The van der Waals surface area contributed by atoms with E-state index in [9.17, 15) is 14.4 Å². The maximum atomic E-state index is 13.6. The molecule has 9 nitrogen and oxygen atoms in total. The van der Waals surface area contributed by atoms with Gasteiger partial charge in [-0.25, -0.2) is 9.67 Å². The number of likely N-dealkylation sites (N-methyl/N-ethyl adjacent to an activating group) is 1. The number of pyridine rings is 1. The van der Waals surface area contributed by atoms with Crippen molar-refractivity contribution in [3.63, 3.8) is 0 Å². The van der Waals surface area contributed by atoms with E-state index in [0.29, 0.717) is 41.1 Å². The first kappa shape index (κ1) is 31.3. The number of ether oxygens (including phenoxy) is 1. The molecule has 2 N–H and O–H groups in total. The van der Waals surface area contributed by atoms with Gasteiger partial charge in [-0.1, -0.05) is 32.0 Å². The quantitative estimate of drug-likeness (QED) is 0.254. The van der Waals surface area contributed by atoms with Crippen LogP contribution in [0.2, 0.25) is 0 Å². The van der Waals surface area contributed by atoms with E-state index in [1.807, 2.05) is 79.0 Å². The summed E-state index contributed by atoms with van der Waals surface area (Å²) < 4.78 is 9.60. The van der Waals surface area contributed by atoms with E-state index < -0.39 is 5.41 Å². The van der Waals surface area contributed by atoms with E-state index >= 15 is 0 Å². The number of para-hydroxylation sites is 1. The Balaban J connectivity index is 1.80. The molecular weight excluding hydrogens is 574 g/mol. The topological polar surface area (TPSA) is 107 Å². The van der Waals surface area contributed by atoms with Gasteiger partial charge in [0, 0.05) is 42.5 Å². The number of nitrogens with zero attached hydrogens (tertiary/aromatic N) is 3. The number of hydrogen-bond donors (Lipinski definition) is 2. The Morgan fingerprint density at radius 2 is 1.80 bits per heavy atom. The molecule has 0 spiro atoms. The van der Waals surface area contributed by atoms with Gasteiger partial charge in [-0.2, -0.15) is 0 Å². The maximum Gasteiger partial charge on any atom is 0.295 e. The predicted molar refractivity (Wildman–Crippen MR) is 162 cm³/mol. The van der Waals surface area contributed by atoms with Crippen molar-refractivity contribution in [1.82, 2.24) is 19.7 Å². The highest BCUT2D eigenvalue weighted by Crippen LogP contribution is 2.30. The van der Waals surface area contributed by atoms with Crippen LogP contribution in [0.25, 0.3) is 5.69 Å². The Kier molecular flexibility index (Phi) is 10.1. The third-order valence-corrected chi connectivity index (χ3v) is 7.44. The summed E-state index contributed by atoms with van der Waals surface area (Å²) in [6, 6.07) is 11.1. The van der Waals surface area contributed by atoms with E-state index in [1.165, 1.54) is 0 Å². The van der Waals surface area contributed by atoms with Gasteiger partial charge >= 0.3 is 0 Å². The molecule has 1 aromatic carbocycles. The fraction of sp³-hybridized carbons (Fsp3) is 0.467. The summed E-state index contributed by atoms with van der Waals surface area (Å²) in [7, 11) is 3.70. The normalized spacial score (nSPS) is 11.9. The number of nitrogens with one attached hydrogen (secondary N) is 2. The van der Waals surface area contributed by atoms with E-state index in [2.05, 4.69) is 31.5 Å². The summed E-state index contributed by atoms with van der Waals surface area (Å²) in [5.74, 6) is -0.0684. The zero-order chi connectivity index (χ0) is 29.7. The lowest BCUT2D eigenvalue weighted by molar-refractivity contribution is -0.118. The highest BCUT2D eigenvalue weighted by atomic mass is 79.9. The molecule has 2 aromatic heterocycles. The lowest BCUT2D eigenvalue weighted by atomic mass is 9.83. The van der Waals surface area contributed by atoms with E-state index in [4.69, 9.17) is 4.74 Å². The van der Waals surface area contributed by atoms with Crippen molar-refractivity contribution in [3.05, 3.63) is 68.7 Å². The number of hydrogen-bond acceptors (Lipinski definition) is 6. The minimum Gasteiger partial charge on any atom is -0.477 e. The minimum absolute atomic E-state index is 0.101. The Bertz CT molecular complexity index is 1410. The molecule has 3 aromatic rings. The number of halogens is 1. The summed E-state index contributed by atoms with van der Waals surface area (Å²) >= 11 is 3.37. The van der Waals surface area contributed by atoms with Gasteiger partial charge in [0.15, 0.2) is 5.78 Å². The van der Waals surface area contributed by atoms with E-state index in [-0.39, 0.29) is 41.3 Å². The minimum atomic E-state index is -0.497. The molecule has 0 aliphatic rings. The molecule has 2 heterocycles. The van der Waals surface area contributed by atoms with Gasteiger partial charge in [0.2, 0.25) is 11.8 Å². The molecular formula is C30H40BrN5O4. The van der Waals surface area contributed by atoms with Crippen molar-refractivity contribution >= 4 is 33.3 Å². The number of benzene rings is 1. The molecule has 10 heteroatoms. The number of carbonyl (C=O) groups excluding carboxylic acids is 2. The Hall–Kier alpha value is -3.24. The number of rotatable bonds is 13. The second-order valence-electron chi connectivity index (χ2n) is 11.4. The summed E-state index contributed by atoms with van der Waals surface area (Å²) in [4.78, 5) is 44.2. The van der Waals surface area contributed by atoms with Crippen molar-refractivity contribution in [3.8, 4) is 11.6 Å². The van der Waals surface area contributed by atoms with Crippen LogP contribution in [0.1, 0.15) is 69.9 Å². The van der Waals surface area contributed by atoms with Crippen molar-refractivity contribution in [2.75, 3.05) is 19.0 Å². The highest BCUT2D eigenvalue weighted by molar-refractivity contribution is 9.10.